The van der Waals surface area contributed by atoms with Crippen molar-refractivity contribution in [1.29, 1.82) is 0 Å². The summed E-state index contributed by atoms with van der Waals surface area (Å²) in [6.45, 7) is 3.85. The van der Waals surface area contributed by atoms with E-state index in [0.29, 0.717) is 11.3 Å². The summed E-state index contributed by atoms with van der Waals surface area (Å²) < 4.78 is 0. The Hall–Kier alpha value is -2.55. The molecular formula is C17H16N2O. The lowest BCUT2D eigenvalue weighted by Crippen LogP contribution is -2.05. The van der Waals surface area contributed by atoms with E-state index in [-0.39, 0.29) is 5.78 Å². The van der Waals surface area contributed by atoms with Gasteiger partial charge in [0.05, 0.1) is 5.56 Å². The lowest BCUT2D eigenvalue weighted by atomic mass is 9.96. The Balaban J connectivity index is 2.22. The molecule has 0 saturated heterocycles. The fraction of sp³-hybridized carbons (Fsp3) is 0.118. The first-order valence-corrected chi connectivity index (χ1v) is 6.56. The Morgan fingerprint density at radius 1 is 1.10 bits per heavy atom. The van der Waals surface area contributed by atoms with Gasteiger partial charge in [0.2, 0.25) is 0 Å². The summed E-state index contributed by atoms with van der Waals surface area (Å²) >= 11 is 0. The largest absolute Gasteiger partial charge is 0.399 e. The van der Waals surface area contributed by atoms with E-state index in [4.69, 9.17) is 5.73 Å². The molecule has 0 aliphatic rings. The molecule has 100 valence electrons. The fourth-order valence-corrected chi connectivity index (χ4v) is 2.59. The molecule has 0 saturated carbocycles. The molecule has 2 aromatic carbocycles. The maximum atomic E-state index is 12.8. The molecule has 3 nitrogen and oxygen atoms in total. The number of H-pyrrole nitrogens is 1. The molecule has 0 bridgehead atoms. The molecule has 0 amide bonds. The van der Waals surface area contributed by atoms with Gasteiger partial charge in [-0.3, -0.25) is 4.79 Å². The molecular weight excluding hydrogens is 248 g/mol. The Kier molecular flexibility index (Phi) is 2.83. The van der Waals surface area contributed by atoms with Gasteiger partial charge >= 0.3 is 0 Å². The summed E-state index contributed by atoms with van der Waals surface area (Å²) in [6.07, 6.45) is 0. The number of nitrogens with one attached hydrogen (secondary N) is 1. The first-order valence-electron chi connectivity index (χ1n) is 6.56. The fourth-order valence-electron chi connectivity index (χ4n) is 2.59. The van der Waals surface area contributed by atoms with Gasteiger partial charge in [-0.25, -0.2) is 0 Å². The Labute approximate surface area is 117 Å². The molecule has 3 rings (SSSR count). The summed E-state index contributed by atoms with van der Waals surface area (Å²) in [6, 6.07) is 13.3. The van der Waals surface area contributed by atoms with Crippen LogP contribution in [0.5, 0.6) is 0 Å². The van der Waals surface area contributed by atoms with E-state index in [0.717, 1.165) is 27.7 Å². The smallest absolute Gasteiger partial charge is 0.195 e. The Morgan fingerprint density at radius 2 is 1.85 bits per heavy atom. The van der Waals surface area contributed by atoms with Crippen LogP contribution in [0.3, 0.4) is 0 Å². The van der Waals surface area contributed by atoms with Gasteiger partial charge in [0, 0.05) is 27.8 Å². The number of para-hydroxylation sites is 1. The van der Waals surface area contributed by atoms with Crippen LogP contribution in [0.15, 0.2) is 42.5 Å². The lowest BCUT2D eigenvalue weighted by molar-refractivity contribution is 0.103. The van der Waals surface area contributed by atoms with Crippen LogP contribution < -0.4 is 5.73 Å². The van der Waals surface area contributed by atoms with Gasteiger partial charge in [-0.15, -0.1) is 0 Å². The number of carbonyl (C=O) groups is 1. The zero-order chi connectivity index (χ0) is 14.3. The monoisotopic (exact) mass is 264 g/mol. The third-order valence-electron chi connectivity index (χ3n) is 3.63. The number of benzene rings is 2. The van der Waals surface area contributed by atoms with Crippen molar-refractivity contribution in [1.82, 2.24) is 4.98 Å². The molecule has 3 N–H and O–H groups in total. The second kappa shape index (κ2) is 4.53. The van der Waals surface area contributed by atoms with Crippen LogP contribution in [0.4, 0.5) is 5.69 Å². The summed E-state index contributed by atoms with van der Waals surface area (Å²) in [5.74, 6) is 0.0183. The van der Waals surface area contributed by atoms with Gasteiger partial charge < -0.3 is 10.7 Å². The summed E-state index contributed by atoms with van der Waals surface area (Å²) in [5.41, 5.74) is 10.6. The highest BCUT2D eigenvalue weighted by atomic mass is 16.1. The van der Waals surface area contributed by atoms with Crippen molar-refractivity contribution in [3.8, 4) is 0 Å². The first-order chi connectivity index (χ1) is 9.58. The van der Waals surface area contributed by atoms with Crippen molar-refractivity contribution in [2.45, 2.75) is 13.8 Å². The van der Waals surface area contributed by atoms with E-state index in [2.05, 4.69) is 4.98 Å². The molecule has 20 heavy (non-hydrogen) atoms. The van der Waals surface area contributed by atoms with Crippen LogP contribution in [0.2, 0.25) is 0 Å². The summed E-state index contributed by atoms with van der Waals surface area (Å²) in [7, 11) is 0. The van der Waals surface area contributed by atoms with E-state index < -0.39 is 0 Å². The number of anilines is 1. The predicted octanol–water partition coefficient (Wildman–Crippen LogP) is 3.60. The topological polar surface area (TPSA) is 58.9 Å². The van der Waals surface area contributed by atoms with Gasteiger partial charge in [0.25, 0.3) is 0 Å². The maximum absolute atomic E-state index is 12.8. The van der Waals surface area contributed by atoms with Crippen molar-refractivity contribution in [2.24, 2.45) is 0 Å². The molecule has 0 atom stereocenters. The number of aromatic nitrogens is 1. The van der Waals surface area contributed by atoms with Gasteiger partial charge in [-0.2, -0.15) is 0 Å². The summed E-state index contributed by atoms with van der Waals surface area (Å²) in [5, 5.41) is 0.955. The number of aryl methyl sites for hydroxylation is 2. The number of ketones is 1. The summed E-state index contributed by atoms with van der Waals surface area (Å²) in [4.78, 5) is 16.1. The molecule has 0 aliphatic carbocycles. The zero-order valence-electron chi connectivity index (χ0n) is 11.5. The van der Waals surface area contributed by atoms with Crippen molar-refractivity contribution >= 4 is 22.4 Å². The molecule has 0 aliphatic heterocycles. The third-order valence-corrected chi connectivity index (χ3v) is 3.63. The normalized spacial score (nSPS) is 10.9. The number of aromatic amines is 1. The highest BCUT2D eigenvalue weighted by Crippen LogP contribution is 2.26. The minimum Gasteiger partial charge on any atom is -0.399 e. The van der Waals surface area contributed by atoms with Crippen LogP contribution in [0.25, 0.3) is 10.9 Å². The molecule has 0 unspecified atom stereocenters. The quantitative estimate of drug-likeness (QED) is 0.549. The predicted molar refractivity (Wildman–Crippen MR) is 82.1 cm³/mol. The van der Waals surface area contributed by atoms with Gasteiger partial charge in [0.15, 0.2) is 5.78 Å². The third kappa shape index (κ3) is 1.88. The number of nitrogens with two attached hydrogens (primary N) is 1. The molecule has 3 aromatic rings. The number of hydrogen-bond acceptors (Lipinski definition) is 2. The standard InChI is InChI=1S/C17H16N2O/c1-10-7-8-12(18)9-14(10)17(20)16-11(2)19-15-6-4-3-5-13(15)16/h3-9,19H,18H2,1-2H3. The Morgan fingerprint density at radius 3 is 2.65 bits per heavy atom. The van der Waals surface area contributed by atoms with Gasteiger partial charge in [-0.1, -0.05) is 24.3 Å². The van der Waals surface area contributed by atoms with Crippen LogP contribution in [0, 0.1) is 13.8 Å². The second-order valence-electron chi connectivity index (χ2n) is 5.07. The number of nitrogen functional groups attached to an aromatic ring is 1. The zero-order valence-corrected chi connectivity index (χ0v) is 11.5. The van der Waals surface area contributed by atoms with E-state index in [1.165, 1.54) is 0 Å². The molecule has 0 spiro atoms. The van der Waals surface area contributed by atoms with Gasteiger partial charge in [-0.05, 0) is 37.6 Å². The number of hydrogen-bond donors (Lipinski definition) is 2. The van der Waals surface area contributed by atoms with Crippen molar-refractivity contribution < 1.29 is 4.79 Å². The minimum atomic E-state index is 0.0183. The average molecular weight is 264 g/mol. The number of carbonyl (C=O) groups excluding carboxylic acids is 1. The SMILES string of the molecule is Cc1ccc(N)cc1C(=O)c1c(C)[nH]c2ccccc12. The Bertz CT molecular complexity index is 815. The van der Waals surface area contributed by atoms with Crippen LogP contribution >= 0.6 is 0 Å². The maximum Gasteiger partial charge on any atom is 0.195 e. The van der Waals surface area contributed by atoms with Crippen LogP contribution in [0.1, 0.15) is 27.2 Å². The molecule has 0 fully saturated rings. The van der Waals surface area contributed by atoms with Crippen molar-refractivity contribution in [2.75, 3.05) is 5.73 Å². The molecule has 0 radical (unpaired) electrons. The van der Waals surface area contributed by atoms with Crippen molar-refractivity contribution in [3.05, 3.63) is 64.8 Å². The van der Waals surface area contributed by atoms with Gasteiger partial charge in [0.1, 0.15) is 0 Å². The first kappa shape index (κ1) is 12.5. The highest BCUT2D eigenvalue weighted by Gasteiger charge is 2.19. The highest BCUT2D eigenvalue weighted by molar-refractivity contribution is 6.18. The number of fused-ring (bicyclic) bond motifs is 1. The minimum absolute atomic E-state index is 0.0183. The van der Waals surface area contributed by atoms with E-state index in [1.54, 1.807) is 6.07 Å². The van der Waals surface area contributed by atoms with E-state index >= 15 is 0 Å². The molecule has 1 heterocycles. The van der Waals surface area contributed by atoms with Crippen LogP contribution in [-0.2, 0) is 0 Å². The number of rotatable bonds is 2. The van der Waals surface area contributed by atoms with Crippen molar-refractivity contribution in [3.63, 3.8) is 0 Å². The molecule has 1 aromatic heterocycles. The molecule has 3 heteroatoms. The van der Waals surface area contributed by atoms with E-state index in [9.17, 15) is 4.79 Å². The van der Waals surface area contributed by atoms with E-state index in [1.807, 2.05) is 50.2 Å². The lowest BCUT2D eigenvalue weighted by Gasteiger charge is -2.06. The average Bonchev–Trinajstić information content (AvgIpc) is 2.76. The van der Waals surface area contributed by atoms with Crippen LogP contribution in [-0.4, -0.2) is 10.8 Å². The second-order valence-corrected chi connectivity index (χ2v) is 5.07.